The van der Waals surface area contributed by atoms with Gasteiger partial charge in [-0.1, -0.05) is 29.8 Å². The van der Waals surface area contributed by atoms with Crippen molar-refractivity contribution in [2.75, 3.05) is 0 Å². The maximum Gasteiger partial charge on any atom is 0.161 e. The van der Waals surface area contributed by atoms with Crippen LogP contribution < -0.4 is 0 Å². The van der Waals surface area contributed by atoms with E-state index >= 15 is 0 Å². The molecule has 1 aromatic carbocycles. The second-order valence-electron chi connectivity index (χ2n) is 7.07. The molecule has 1 aliphatic rings. The number of benzene rings is 1. The van der Waals surface area contributed by atoms with Gasteiger partial charge in [-0.2, -0.15) is 0 Å². The third-order valence-electron chi connectivity index (χ3n) is 5.18. The summed E-state index contributed by atoms with van der Waals surface area (Å²) in [6, 6.07) is 12.0. The van der Waals surface area contributed by atoms with Gasteiger partial charge < -0.3 is 4.57 Å². The number of halogens is 1. The van der Waals surface area contributed by atoms with Crippen molar-refractivity contribution in [3.05, 3.63) is 77.3 Å². The van der Waals surface area contributed by atoms with Crippen LogP contribution in [-0.4, -0.2) is 19.5 Å². The van der Waals surface area contributed by atoms with E-state index in [0.29, 0.717) is 5.92 Å². The normalized spacial score (nSPS) is 14.0. The molecule has 0 saturated heterocycles. The fourth-order valence-electron chi connectivity index (χ4n) is 3.52. The number of fused-ring (bicyclic) bond motifs is 1. The molecular weight excluding hydrogens is 356 g/mol. The van der Waals surface area contributed by atoms with Crippen LogP contribution in [-0.2, 0) is 13.0 Å². The number of hydrogen-bond acceptors (Lipinski definition) is 3. The molecule has 0 atom stereocenters. The Morgan fingerprint density at radius 3 is 2.59 bits per heavy atom. The molecule has 134 valence electrons. The molecule has 1 saturated carbocycles. The summed E-state index contributed by atoms with van der Waals surface area (Å²) in [5.74, 6) is 1.42. The molecule has 0 unspecified atom stereocenters. The van der Waals surface area contributed by atoms with Gasteiger partial charge in [0.2, 0.25) is 0 Å². The highest BCUT2D eigenvalue weighted by Crippen LogP contribution is 2.39. The van der Waals surface area contributed by atoms with Crippen molar-refractivity contribution in [2.24, 2.45) is 0 Å². The summed E-state index contributed by atoms with van der Waals surface area (Å²) in [4.78, 5) is 13.9. The van der Waals surface area contributed by atoms with Crippen LogP contribution in [0.4, 0.5) is 0 Å². The predicted molar refractivity (Wildman–Crippen MR) is 108 cm³/mol. The average molecular weight is 375 g/mol. The van der Waals surface area contributed by atoms with Crippen LogP contribution in [0.1, 0.15) is 29.9 Å². The molecule has 5 heteroatoms. The summed E-state index contributed by atoms with van der Waals surface area (Å²) < 4.78 is 2.17. The highest BCUT2D eigenvalue weighted by molar-refractivity contribution is 6.31. The fraction of sp³-hybridized carbons (Fsp3) is 0.227. The Morgan fingerprint density at radius 2 is 1.81 bits per heavy atom. The Morgan fingerprint density at radius 1 is 1.00 bits per heavy atom. The summed E-state index contributed by atoms with van der Waals surface area (Å²) in [5.41, 5.74) is 4.37. The maximum absolute atomic E-state index is 6.31. The zero-order valence-corrected chi connectivity index (χ0v) is 15.6. The number of aromatic nitrogens is 4. The lowest BCUT2D eigenvalue weighted by molar-refractivity contribution is 0.716. The van der Waals surface area contributed by atoms with E-state index in [9.17, 15) is 0 Å². The van der Waals surface area contributed by atoms with E-state index in [1.807, 2.05) is 42.9 Å². The minimum atomic E-state index is 0.665. The maximum atomic E-state index is 6.31. The average Bonchev–Trinajstić information content (AvgIpc) is 3.50. The number of aryl methyl sites for hydroxylation is 2. The number of rotatable bonds is 5. The lowest BCUT2D eigenvalue weighted by Gasteiger charge is -2.06. The molecule has 3 heterocycles. The van der Waals surface area contributed by atoms with E-state index < -0.39 is 0 Å². The standard InChI is InChI=1S/C22H19ClN4/c23-20-6-2-1-4-16(20)9-11-27-14-19(18-5-3-10-24-22(18)27)21-25-12-17(13-26-21)15-7-8-15/h1-6,10,12-15H,7-9,11H2. The second kappa shape index (κ2) is 6.78. The summed E-state index contributed by atoms with van der Waals surface area (Å²) >= 11 is 6.31. The van der Waals surface area contributed by atoms with Gasteiger partial charge in [0.15, 0.2) is 5.82 Å². The van der Waals surface area contributed by atoms with Gasteiger partial charge >= 0.3 is 0 Å². The zero-order valence-electron chi connectivity index (χ0n) is 14.8. The van der Waals surface area contributed by atoms with Crippen molar-refractivity contribution >= 4 is 22.6 Å². The van der Waals surface area contributed by atoms with Crippen molar-refractivity contribution < 1.29 is 0 Å². The van der Waals surface area contributed by atoms with Crippen LogP contribution in [0.15, 0.2) is 61.2 Å². The number of nitrogens with zero attached hydrogens (tertiary/aromatic N) is 4. The van der Waals surface area contributed by atoms with Gasteiger partial charge in [-0.05, 0) is 54.5 Å². The first kappa shape index (κ1) is 16.5. The third kappa shape index (κ3) is 3.21. The van der Waals surface area contributed by atoms with Crippen LogP contribution in [0.3, 0.4) is 0 Å². The quantitative estimate of drug-likeness (QED) is 0.478. The lowest BCUT2D eigenvalue weighted by atomic mass is 10.1. The Hall–Kier alpha value is -2.72. The van der Waals surface area contributed by atoms with E-state index in [1.165, 1.54) is 18.4 Å². The second-order valence-corrected chi connectivity index (χ2v) is 7.47. The van der Waals surface area contributed by atoms with Gasteiger partial charge in [-0.15, -0.1) is 0 Å². The van der Waals surface area contributed by atoms with Crippen LogP contribution in [0.2, 0.25) is 5.02 Å². The van der Waals surface area contributed by atoms with Crippen LogP contribution in [0.25, 0.3) is 22.4 Å². The van der Waals surface area contributed by atoms with Crippen LogP contribution >= 0.6 is 11.6 Å². The molecule has 0 bridgehead atoms. The Kier molecular flexibility index (Phi) is 4.13. The monoisotopic (exact) mass is 374 g/mol. The van der Waals surface area contributed by atoms with Gasteiger partial charge in [0.25, 0.3) is 0 Å². The molecular formula is C22H19ClN4. The largest absolute Gasteiger partial charge is 0.331 e. The van der Waals surface area contributed by atoms with Crippen molar-refractivity contribution in [2.45, 2.75) is 31.7 Å². The molecule has 1 aliphatic carbocycles. The van der Waals surface area contributed by atoms with Gasteiger partial charge in [-0.25, -0.2) is 15.0 Å². The van der Waals surface area contributed by atoms with Crippen LogP contribution in [0.5, 0.6) is 0 Å². The van der Waals surface area contributed by atoms with E-state index in [0.717, 1.165) is 46.0 Å². The molecule has 0 N–H and O–H groups in total. The first-order valence-corrected chi connectivity index (χ1v) is 9.67. The smallest absolute Gasteiger partial charge is 0.161 e. The SMILES string of the molecule is Clc1ccccc1CCn1cc(-c2ncc(C3CC3)cn2)c2cccnc21. The summed E-state index contributed by atoms with van der Waals surface area (Å²) in [6.45, 7) is 0.803. The molecule has 0 amide bonds. The van der Waals surface area contributed by atoms with E-state index in [2.05, 4.69) is 37.8 Å². The summed E-state index contributed by atoms with van der Waals surface area (Å²) in [5, 5.41) is 1.89. The summed E-state index contributed by atoms with van der Waals surface area (Å²) in [6.07, 6.45) is 11.3. The molecule has 4 nitrogen and oxygen atoms in total. The number of hydrogen-bond donors (Lipinski definition) is 0. The molecule has 1 fully saturated rings. The molecule has 4 aromatic rings. The fourth-order valence-corrected chi connectivity index (χ4v) is 3.75. The highest BCUT2D eigenvalue weighted by atomic mass is 35.5. The minimum Gasteiger partial charge on any atom is -0.331 e. The van der Waals surface area contributed by atoms with Gasteiger partial charge in [-0.3, -0.25) is 0 Å². The van der Waals surface area contributed by atoms with Crippen molar-refractivity contribution in [1.29, 1.82) is 0 Å². The van der Waals surface area contributed by atoms with E-state index in [1.54, 1.807) is 0 Å². The van der Waals surface area contributed by atoms with Crippen molar-refractivity contribution in [1.82, 2.24) is 19.5 Å². The molecule has 3 aromatic heterocycles. The third-order valence-corrected chi connectivity index (χ3v) is 5.54. The van der Waals surface area contributed by atoms with Crippen molar-refractivity contribution in [3.8, 4) is 11.4 Å². The first-order valence-electron chi connectivity index (χ1n) is 9.29. The highest BCUT2D eigenvalue weighted by Gasteiger charge is 2.24. The predicted octanol–water partition coefficient (Wildman–Crippen LogP) is 5.27. The first-order chi connectivity index (χ1) is 13.3. The summed E-state index contributed by atoms with van der Waals surface area (Å²) in [7, 11) is 0. The van der Waals surface area contributed by atoms with E-state index in [4.69, 9.17) is 11.6 Å². The molecule has 0 radical (unpaired) electrons. The molecule has 0 aliphatic heterocycles. The Labute approximate surface area is 162 Å². The Balaban J connectivity index is 1.49. The number of pyridine rings is 1. The Bertz CT molecular complexity index is 1100. The molecule has 0 spiro atoms. The lowest BCUT2D eigenvalue weighted by Crippen LogP contribution is -2.01. The minimum absolute atomic E-state index is 0.665. The topological polar surface area (TPSA) is 43.6 Å². The van der Waals surface area contributed by atoms with Crippen LogP contribution in [0, 0.1) is 0 Å². The van der Waals surface area contributed by atoms with Gasteiger partial charge in [0.1, 0.15) is 5.65 Å². The van der Waals surface area contributed by atoms with E-state index in [-0.39, 0.29) is 0 Å². The molecule has 27 heavy (non-hydrogen) atoms. The van der Waals surface area contributed by atoms with Gasteiger partial charge in [0, 0.05) is 47.3 Å². The van der Waals surface area contributed by atoms with Crippen molar-refractivity contribution in [3.63, 3.8) is 0 Å². The van der Waals surface area contributed by atoms with Gasteiger partial charge in [0.05, 0.1) is 0 Å². The molecule has 5 rings (SSSR count). The zero-order chi connectivity index (χ0) is 18.2.